The van der Waals surface area contributed by atoms with E-state index in [1.165, 1.54) is 36.4 Å². The number of anilines is 1. The average molecular weight is 401 g/mol. The molecule has 0 heterocycles. The first kappa shape index (κ1) is 21.1. The predicted octanol–water partition coefficient (Wildman–Crippen LogP) is 4.26. The molecule has 150 valence electrons. The second-order valence-electron chi connectivity index (χ2n) is 5.57. The summed E-state index contributed by atoms with van der Waals surface area (Å²) in [6, 6.07) is 10.1. The molecule has 0 aliphatic rings. The van der Waals surface area contributed by atoms with Gasteiger partial charge in [-0.2, -0.15) is 27.1 Å². The summed E-state index contributed by atoms with van der Waals surface area (Å²) < 4.78 is 66.4. The third kappa shape index (κ3) is 6.53. The molecule has 28 heavy (non-hydrogen) atoms. The summed E-state index contributed by atoms with van der Waals surface area (Å²) in [5.74, 6) is -0.588. The van der Waals surface area contributed by atoms with Crippen LogP contribution < -0.4 is 15.5 Å². The Bertz CT molecular complexity index is 836. The topological polar surface area (TPSA) is 62.7 Å². The van der Waals surface area contributed by atoms with E-state index in [4.69, 9.17) is 0 Å². The number of hydrogen-bond acceptors (Lipinski definition) is 4. The van der Waals surface area contributed by atoms with Crippen LogP contribution in [-0.4, -0.2) is 24.8 Å². The third-order valence-corrected chi connectivity index (χ3v) is 3.49. The molecule has 0 unspecified atom stereocenters. The minimum Gasteiger partial charge on any atom is -0.435 e. The fraction of sp³-hybridized carbons (Fsp3) is 0.222. The summed E-state index contributed by atoms with van der Waals surface area (Å²) in [5.41, 5.74) is 2.53. The molecule has 0 aliphatic carbocycles. The molecule has 0 fully saturated rings. The number of hydrogen-bond donors (Lipinski definition) is 2. The van der Waals surface area contributed by atoms with Crippen LogP contribution in [-0.2, 0) is 11.0 Å². The van der Waals surface area contributed by atoms with Gasteiger partial charge in [0.05, 0.1) is 17.8 Å². The highest BCUT2D eigenvalue weighted by atomic mass is 19.4. The Hall–Kier alpha value is -3.17. The van der Waals surface area contributed by atoms with E-state index in [0.29, 0.717) is 11.3 Å². The monoisotopic (exact) mass is 401 g/mol. The van der Waals surface area contributed by atoms with Crippen LogP contribution in [0.25, 0.3) is 0 Å². The smallest absolute Gasteiger partial charge is 0.416 e. The second kappa shape index (κ2) is 9.16. The molecule has 0 radical (unpaired) electrons. The van der Waals surface area contributed by atoms with Gasteiger partial charge in [0.15, 0.2) is 0 Å². The van der Waals surface area contributed by atoms with Gasteiger partial charge in [-0.05, 0) is 55.0 Å². The van der Waals surface area contributed by atoms with Crippen molar-refractivity contribution >= 4 is 17.3 Å². The second-order valence-corrected chi connectivity index (χ2v) is 5.57. The first-order valence-electron chi connectivity index (χ1n) is 7.94. The van der Waals surface area contributed by atoms with Crippen molar-refractivity contribution in [3.05, 3.63) is 59.7 Å². The summed E-state index contributed by atoms with van der Waals surface area (Å²) in [7, 11) is 0. The predicted molar refractivity (Wildman–Crippen MR) is 93.4 cm³/mol. The first-order valence-corrected chi connectivity index (χ1v) is 7.94. The van der Waals surface area contributed by atoms with Gasteiger partial charge in [0.2, 0.25) is 0 Å². The summed E-state index contributed by atoms with van der Waals surface area (Å²) >= 11 is 0. The normalized spacial score (nSPS) is 12.0. The molecule has 0 spiro atoms. The van der Waals surface area contributed by atoms with Gasteiger partial charge in [-0.1, -0.05) is 6.07 Å². The van der Waals surface area contributed by atoms with Gasteiger partial charge in [-0.3, -0.25) is 4.79 Å². The highest BCUT2D eigenvalue weighted by Crippen LogP contribution is 2.30. The number of nitrogens with one attached hydrogen (secondary N) is 2. The van der Waals surface area contributed by atoms with E-state index in [1.807, 2.05) is 0 Å². The molecule has 2 N–H and O–H groups in total. The maximum absolute atomic E-state index is 12.7. The van der Waals surface area contributed by atoms with Crippen molar-refractivity contribution in [1.29, 1.82) is 0 Å². The molecular formula is C18H16F5N3O2. The van der Waals surface area contributed by atoms with E-state index in [0.717, 1.165) is 12.1 Å². The molecule has 5 nitrogen and oxygen atoms in total. The van der Waals surface area contributed by atoms with Gasteiger partial charge < -0.3 is 10.1 Å². The van der Waals surface area contributed by atoms with Gasteiger partial charge in [0.1, 0.15) is 5.75 Å². The zero-order valence-corrected chi connectivity index (χ0v) is 14.6. The highest BCUT2D eigenvalue weighted by molar-refractivity contribution is 5.99. The largest absolute Gasteiger partial charge is 0.435 e. The van der Waals surface area contributed by atoms with Crippen molar-refractivity contribution in [3.8, 4) is 5.75 Å². The number of alkyl halides is 5. The highest BCUT2D eigenvalue weighted by Gasteiger charge is 2.30. The number of benzene rings is 2. The Balaban J connectivity index is 1.89. The van der Waals surface area contributed by atoms with E-state index in [-0.39, 0.29) is 18.0 Å². The van der Waals surface area contributed by atoms with Crippen LogP contribution in [0.5, 0.6) is 5.75 Å². The number of carbonyl (C=O) groups excluding carboxylic acids is 1. The molecular weight excluding hydrogens is 385 g/mol. The van der Waals surface area contributed by atoms with Gasteiger partial charge >= 0.3 is 12.8 Å². The summed E-state index contributed by atoms with van der Waals surface area (Å²) in [5, 5.41) is 6.44. The molecule has 0 aromatic heterocycles. The maximum Gasteiger partial charge on any atom is 0.416 e. The van der Waals surface area contributed by atoms with Crippen molar-refractivity contribution in [2.24, 2.45) is 5.10 Å². The van der Waals surface area contributed by atoms with Crippen LogP contribution >= 0.6 is 0 Å². The van der Waals surface area contributed by atoms with Crippen molar-refractivity contribution in [1.82, 2.24) is 5.43 Å². The number of carbonyl (C=O) groups is 1. The first-order chi connectivity index (χ1) is 13.1. The molecule has 1 amide bonds. The number of amides is 1. The maximum atomic E-state index is 12.7. The van der Waals surface area contributed by atoms with Gasteiger partial charge in [0.25, 0.3) is 5.91 Å². The van der Waals surface area contributed by atoms with E-state index >= 15 is 0 Å². The van der Waals surface area contributed by atoms with Crippen LogP contribution in [0, 0.1) is 0 Å². The number of hydrazone groups is 1. The van der Waals surface area contributed by atoms with E-state index < -0.39 is 24.3 Å². The summed E-state index contributed by atoms with van der Waals surface area (Å²) in [4.78, 5) is 11.8. The van der Waals surface area contributed by atoms with Crippen molar-refractivity contribution in [3.63, 3.8) is 0 Å². The lowest BCUT2D eigenvalue weighted by Crippen LogP contribution is -2.26. The number of rotatable bonds is 7. The molecule has 10 heteroatoms. The number of nitrogens with zero attached hydrogens (tertiary/aromatic N) is 1. The SMILES string of the molecule is C/C(=N/NC(=O)CNc1cccc(C(F)(F)F)c1)c1ccc(OC(F)F)cc1. The molecule has 0 atom stereocenters. The fourth-order valence-electron chi connectivity index (χ4n) is 2.12. The number of ether oxygens (including phenoxy) is 1. The van der Waals surface area contributed by atoms with Crippen molar-refractivity contribution in [2.45, 2.75) is 19.7 Å². The van der Waals surface area contributed by atoms with Crippen LogP contribution in [0.4, 0.5) is 27.6 Å². The Morgan fingerprint density at radius 2 is 1.82 bits per heavy atom. The minimum atomic E-state index is -4.47. The van der Waals surface area contributed by atoms with Crippen molar-refractivity contribution in [2.75, 3.05) is 11.9 Å². The Morgan fingerprint density at radius 3 is 2.43 bits per heavy atom. The van der Waals surface area contributed by atoms with E-state index in [9.17, 15) is 26.7 Å². The quantitative estimate of drug-likeness (QED) is 0.414. The third-order valence-electron chi connectivity index (χ3n) is 3.49. The fourth-order valence-corrected chi connectivity index (χ4v) is 2.12. The standard InChI is InChI=1S/C18H16F5N3O2/c1-11(12-5-7-15(8-6-12)28-17(19)20)25-26-16(27)10-24-14-4-2-3-13(9-14)18(21,22)23/h2-9,17,24H,10H2,1H3,(H,26,27)/b25-11-. The lowest BCUT2D eigenvalue weighted by molar-refractivity contribution is -0.137. The summed E-state index contributed by atoms with van der Waals surface area (Å²) in [6.45, 7) is -1.63. The van der Waals surface area contributed by atoms with Crippen molar-refractivity contribution < 1.29 is 31.5 Å². The van der Waals surface area contributed by atoms with Gasteiger partial charge in [0, 0.05) is 5.69 Å². The molecule has 2 rings (SSSR count). The zero-order valence-electron chi connectivity index (χ0n) is 14.6. The van der Waals surface area contributed by atoms with Crippen LogP contribution in [0.2, 0.25) is 0 Å². The zero-order chi connectivity index (χ0) is 20.7. The lowest BCUT2D eigenvalue weighted by Gasteiger charge is -2.10. The van der Waals surface area contributed by atoms with Gasteiger partial charge in [-0.15, -0.1) is 0 Å². The van der Waals surface area contributed by atoms with Gasteiger partial charge in [-0.25, -0.2) is 5.43 Å². The Morgan fingerprint density at radius 1 is 1.14 bits per heavy atom. The van der Waals surface area contributed by atoms with E-state index in [2.05, 4.69) is 20.6 Å². The lowest BCUT2D eigenvalue weighted by atomic mass is 10.1. The molecule has 0 saturated heterocycles. The summed E-state index contributed by atoms with van der Waals surface area (Å²) in [6.07, 6.45) is -4.47. The Kier molecular flexibility index (Phi) is 6.91. The molecule has 2 aromatic carbocycles. The minimum absolute atomic E-state index is 0.0131. The average Bonchev–Trinajstić information content (AvgIpc) is 2.64. The van der Waals surface area contributed by atoms with Crippen LogP contribution in [0.1, 0.15) is 18.1 Å². The Labute approximate surface area is 157 Å². The van der Waals surface area contributed by atoms with Crippen LogP contribution in [0.3, 0.4) is 0 Å². The molecule has 0 aliphatic heterocycles. The van der Waals surface area contributed by atoms with Crippen LogP contribution in [0.15, 0.2) is 53.6 Å². The molecule has 2 aromatic rings. The number of halogens is 5. The van der Waals surface area contributed by atoms with E-state index in [1.54, 1.807) is 6.92 Å². The molecule has 0 saturated carbocycles. The molecule has 0 bridgehead atoms.